The topological polar surface area (TPSA) is 26.0 Å². The highest BCUT2D eigenvalue weighted by Gasteiger charge is 2.12. The minimum Gasteiger partial charge on any atom is -0.324 e. The zero-order chi connectivity index (χ0) is 14.0. The summed E-state index contributed by atoms with van der Waals surface area (Å²) in [5, 5.41) is 0.362. The Labute approximate surface area is 119 Å². The molecule has 0 spiro atoms. The number of benzene rings is 2. The summed E-state index contributed by atoms with van der Waals surface area (Å²) in [4.78, 5) is 0. The molecule has 0 saturated carbocycles. The van der Waals surface area contributed by atoms with E-state index < -0.39 is 17.7 Å². The van der Waals surface area contributed by atoms with Crippen molar-refractivity contribution in [2.45, 2.75) is 12.5 Å². The third-order valence-electron chi connectivity index (χ3n) is 2.83. The minimum absolute atomic E-state index is 0.0358. The number of rotatable bonds is 3. The zero-order valence-electron chi connectivity index (χ0n) is 9.84. The molecule has 0 aliphatic heterocycles. The Morgan fingerprint density at radius 3 is 2.37 bits per heavy atom. The maximum Gasteiger partial charge on any atom is 0.142 e. The molecule has 0 saturated heterocycles. The summed E-state index contributed by atoms with van der Waals surface area (Å²) in [6.45, 7) is 0. The summed E-state index contributed by atoms with van der Waals surface area (Å²) in [7, 11) is 0. The van der Waals surface area contributed by atoms with E-state index in [1.165, 1.54) is 18.2 Å². The fourth-order valence-electron chi connectivity index (χ4n) is 1.79. The molecule has 1 unspecified atom stereocenters. The highest BCUT2D eigenvalue weighted by atomic mass is 35.5. The van der Waals surface area contributed by atoms with Crippen LogP contribution in [-0.2, 0) is 6.42 Å². The number of halogens is 4. The molecule has 2 rings (SSSR count). The van der Waals surface area contributed by atoms with Crippen molar-refractivity contribution in [1.29, 1.82) is 0 Å². The van der Waals surface area contributed by atoms with Gasteiger partial charge in [0.2, 0.25) is 0 Å². The van der Waals surface area contributed by atoms with E-state index in [4.69, 9.17) is 28.9 Å². The molecule has 19 heavy (non-hydrogen) atoms. The smallest absolute Gasteiger partial charge is 0.142 e. The summed E-state index contributed by atoms with van der Waals surface area (Å²) in [6, 6.07) is 8.21. The van der Waals surface area contributed by atoms with Crippen LogP contribution in [0.2, 0.25) is 10.0 Å². The highest BCUT2D eigenvalue weighted by molar-refractivity contribution is 6.30. The van der Waals surface area contributed by atoms with Crippen LogP contribution in [0.15, 0.2) is 36.4 Å². The number of hydrogen-bond donors (Lipinski definition) is 1. The molecule has 0 aliphatic rings. The Kier molecular flexibility index (Phi) is 4.40. The fourth-order valence-corrected chi connectivity index (χ4v) is 2.06. The SMILES string of the molecule is NC(Cc1ccc(Cl)cc1F)c1ccc(Cl)c(F)c1. The quantitative estimate of drug-likeness (QED) is 0.886. The van der Waals surface area contributed by atoms with Crippen molar-refractivity contribution in [2.24, 2.45) is 5.73 Å². The maximum atomic E-state index is 13.6. The van der Waals surface area contributed by atoms with Crippen LogP contribution >= 0.6 is 23.2 Å². The van der Waals surface area contributed by atoms with Crippen molar-refractivity contribution in [2.75, 3.05) is 0 Å². The van der Waals surface area contributed by atoms with E-state index in [9.17, 15) is 8.78 Å². The molecule has 2 aromatic carbocycles. The maximum absolute atomic E-state index is 13.6. The van der Waals surface area contributed by atoms with Gasteiger partial charge in [-0.25, -0.2) is 8.78 Å². The Bertz CT molecular complexity index is 602. The van der Waals surface area contributed by atoms with Crippen LogP contribution in [-0.4, -0.2) is 0 Å². The average Bonchev–Trinajstić information content (AvgIpc) is 2.36. The zero-order valence-corrected chi connectivity index (χ0v) is 11.3. The first kappa shape index (κ1) is 14.3. The molecule has 0 bridgehead atoms. The lowest BCUT2D eigenvalue weighted by Gasteiger charge is -2.13. The Hall–Kier alpha value is -1.16. The van der Waals surface area contributed by atoms with Crippen LogP contribution in [0.5, 0.6) is 0 Å². The predicted molar refractivity (Wildman–Crippen MR) is 73.5 cm³/mol. The van der Waals surface area contributed by atoms with Gasteiger partial charge in [-0.15, -0.1) is 0 Å². The lowest BCUT2D eigenvalue weighted by Crippen LogP contribution is -2.14. The summed E-state index contributed by atoms with van der Waals surface area (Å²) >= 11 is 11.3. The molecule has 0 radical (unpaired) electrons. The third kappa shape index (κ3) is 3.44. The highest BCUT2D eigenvalue weighted by Crippen LogP contribution is 2.23. The van der Waals surface area contributed by atoms with Gasteiger partial charge >= 0.3 is 0 Å². The molecule has 0 fully saturated rings. The van der Waals surface area contributed by atoms with E-state index in [-0.39, 0.29) is 11.4 Å². The van der Waals surface area contributed by atoms with Crippen molar-refractivity contribution < 1.29 is 8.78 Å². The summed E-state index contributed by atoms with van der Waals surface area (Å²) < 4.78 is 27.0. The first-order valence-electron chi connectivity index (χ1n) is 5.62. The van der Waals surface area contributed by atoms with E-state index in [1.54, 1.807) is 18.2 Å². The van der Waals surface area contributed by atoms with E-state index in [0.717, 1.165) is 0 Å². The monoisotopic (exact) mass is 301 g/mol. The van der Waals surface area contributed by atoms with Crippen LogP contribution in [0.4, 0.5) is 8.78 Å². The normalized spacial score (nSPS) is 12.5. The van der Waals surface area contributed by atoms with Gasteiger partial charge < -0.3 is 5.73 Å². The average molecular weight is 302 g/mol. The van der Waals surface area contributed by atoms with Gasteiger partial charge in [0.1, 0.15) is 11.6 Å². The van der Waals surface area contributed by atoms with Crippen molar-refractivity contribution in [3.05, 3.63) is 69.2 Å². The van der Waals surface area contributed by atoms with Gasteiger partial charge in [-0.1, -0.05) is 35.3 Å². The summed E-state index contributed by atoms with van der Waals surface area (Å²) in [5.74, 6) is -0.955. The van der Waals surface area contributed by atoms with Gasteiger partial charge in [0.05, 0.1) is 5.02 Å². The van der Waals surface area contributed by atoms with Gasteiger partial charge in [0, 0.05) is 11.1 Å². The molecule has 0 amide bonds. The van der Waals surface area contributed by atoms with Crippen LogP contribution in [0.3, 0.4) is 0 Å². The van der Waals surface area contributed by atoms with Crippen molar-refractivity contribution in [3.63, 3.8) is 0 Å². The van der Waals surface area contributed by atoms with E-state index in [1.807, 2.05) is 0 Å². The van der Waals surface area contributed by atoms with Crippen molar-refractivity contribution in [1.82, 2.24) is 0 Å². The first-order valence-corrected chi connectivity index (χ1v) is 6.37. The van der Waals surface area contributed by atoms with Gasteiger partial charge in [-0.05, 0) is 41.8 Å². The predicted octanol–water partition coefficient (Wildman–Crippen LogP) is 4.51. The van der Waals surface area contributed by atoms with Crippen LogP contribution < -0.4 is 5.73 Å². The van der Waals surface area contributed by atoms with Gasteiger partial charge in [-0.3, -0.25) is 0 Å². The lowest BCUT2D eigenvalue weighted by molar-refractivity contribution is 0.589. The Morgan fingerprint density at radius 2 is 1.74 bits per heavy atom. The second kappa shape index (κ2) is 5.87. The summed E-state index contributed by atoms with van der Waals surface area (Å²) in [6.07, 6.45) is 0.254. The molecule has 100 valence electrons. The Balaban J connectivity index is 2.20. The van der Waals surface area contributed by atoms with E-state index >= 15 is 0 Å². The second-order valence-electron chi connectivity index (χ2n) is 4.22. The molecule has 2 N–H and O–H groups in total. The summed E-state index contributed by atoms with van der Waals surface area (Å²) in [5.41, 5.74) is 6.95. The molecule has 2 aromatic rings. The molecule has 1 atom stereocenters. The van der Waals surface area contributed by atoms with E-state index in [2.05, 4.69) is 0 Å². The second-order valence-corrected chi connectivity index (χ2v) is 5.06. The molecular formula is C14H11Cl2F2N. The van der Waals surface area contributed by atoms with E-state index in [0.29, 0.717) is 16.1 Å². The molecule has 0 heterocycles. The van der Waals surface area contributed by atoms with Crippen LogP contribution in [0, 0.1) is 11.6 Å². The molecule has 5 heteroatoms. The largest absolute Gasteiger partial charge is 0.324 e. The molecular weight excluding hydrogens is 291 g/mol. The molecule has 1 nitrogen and oxygen atoms in total. The van der Waals surface area contributed by atoms with Gasteiger partial charge in [0.25, 0.3) is 0 Å². The first-order chi connectivity index (χ1) is 8.97. The standard InChI is InChI=1S/C14H11Cl2F2N/c15-10-3-1-8(12(17)7-10)6-14(19)9-2-4-11(16)13(18)5-9/h1-5,7,14H,6,19H2. The van der Waals surface area contributed by atoms with Crippen LogP contribution in [0.25, 0.3) is 0 Å². The number of hydrogen-bond acceptors (Lipinski definition) is 1. The minimum atomic E-state index is -0.536. The molecule has 0 aliphatic carbocycles. The fraction of sp³-hybridized carbons (Fsp3) is 0.143. The van der Waals surface area contributed by atoms with Crippen molar-refractivity contribution in [3.8, 4) is 0 Å². The number of nitrogens with two attached hydrogens (primary N) is 1. The van der Waals surface area contributed by atoms with Gasteiger partial charge in [-0.2, -0.15) is 0 Å². The molecule has 0 aromatic heterocycles. The lowest BCUT2D eigenvalue weighted by atomic mass is 9.99. The Morgan fingerprint density at radius 1 is 1.00 bits per heavy atom. The van der Waals surface area contributed by atoms with Crippen molar-refractivity contribution >= 4 is 23.2 Å². The third-order valence-corrected chi connectivity index (χ3v) is 3.37. The van der Waals surface area contributed by atoms with Crippen LogP contribution in [0.1, 0.15) is 17.2 Å². The van der Waals surface area contributed by atoms with Gasteiger partial charge in [0.15, 0.2) is 0 Å².